The van der Waals surface area contributed by atoms with Gasteiger partial charge in [0.05, 0.1) is 12.2 Å². The third kappa shape index (κ3) is 4.30. The average Bonchev–Trinajstić information content (AvgIpc) is 3.20. The fourth-order valence-electron chi connectivity index (χ4n) is 2.76. The van der Waals surface area contributed by atoms with E-state index in [0.29, 0.717) is 12.2 Å². The van der Waals surface area contributed by atoms with Crippen LogP contribution in [0.1, 0.15) is 27.3 Å². The normalized spacial score (nSPS) is 10.8. The number of aromatic nitrogens is 4. The molecule has 136 valence electrons. The van der Waals surface area contributed by atoms with Crippen LogP contribution in [0.25, 0.3) is 0 Å². The minimum absolute atomic E-state index is 0.152. The van der Waals surface area contributed by atoms with E-state index in [9.17, 15) is 4.79 Å². The second-order valence-electron chi connectivity index (χ2n) is 6.48. The van der Waals surface area contributed by atoms with Crippen molar-refractivity contribution < 1.29 is 9.53 Å². The Balaban J connectivity index is 1.60. The zero-order valence-electron chi connectivity index (χ0n) is 15.5. The van der Waals surface area contributed by atoms with Crippen LogP contribution in [0.3, 0.4) is 0 Å². The fourth-order valence-corrected chi connectivity index (χ4v) is 2.76. The summed E-state index contributed by atoms with van der Waals surface area (Å²) in [5.74, 6) is 0.638. The minimum atomic E-state index is -0.152. The predicted molar refractivity (Wildman–Crippen MR) is 97.8 cm³/mol. The molecule has 7 heteroatoms. The highest BCUT2D eigenvalue weighted by Crippen LogP contribution is 2.16. The smallest absolute Gasteiger partial charge is 0.274 e. The molecule has 0 spiro atoms. The van der Waals surface area contributed by atoms with E-state index < -0.39 is 0 Å². The molecule has 0 N–H and O–H groups in total. The minimum Gasteiger partial charge on any atom is -0.471 e. The molecule has 2 heterocycles. The largest absolute Gasteiger partial charge is 0.471 e. The number of amides is 1. The third-order valence-corrected chi connectivity index (χ3v) is 3.93. The van der Waals surface area contributed by atoms with Crippen LogP contribution in [-0.4, -0.2) is 37.4 Å². The van der Waals surface area contributed by atoms with Gasteiger partial charge in [-0.15, -0.1) is 0 Å². The summed E-state index contributed by atoms with van der Waals surface area (Å²) < 4.78 is 9.09. The third-order valence-electron chi connectivity index (χ3n) is 3.93. The number of carbonyl (C=O) groups is 1. The summed E-state index contributed by atoms with van der Waals surface area (Å²) in [6.07, 6.45) is 3.59. The van der Waals surface area contributed by atoms with Crippen molar-refractivity contribution >= 4 is 5.91 Å². The molecule has 3 rings (SSSR count). The Morgan fingerprint density at radius 1 is 1.12 bits per heavy atom. The molecule has 26 heavy (non-hydrogen) atoms. The van der Waals surface area contributed by atoms with Gasteiger partial charge in [-0.3, -0.25) is 9.48 Å². The van der Waals surface area contributed by atoms with E-state index in [-0.39, 0.29) is 12.6 Å². The van der Waals surface area contributed by atoms with E-state index in [1.807, 2.05) is 45.3 Å². The first-order chi connectivity index (χ1) is 12.4. The molecule has 1 amide bonds. The molecule has 0 unspecified atom stereocenters. The number of rotatable bonds is 6. The molecular weight excluding hydrogens is 330 g/mol. The summed E-state index contributed by atoms with van der Waals surface area (Å²) in [5.41, 5.74) is 3.51. The Kier molecular flexibility index (Phi) is 5.06. The molecule has 0 fully saturated rings. The van der Waals surface area contributed by atoms with Gasteiger partial charge in [-0.2, -0.15) is 10.2 Å². The molecule has 1 aromatic carbocycles. The van der Waals surface area contributed by atoms with E-state index in [1.54, 1.807) is 33.6 Å². The number of carbonyl (C=O) groups excluding carboxylic acids is 1. The second kappa shape index (κ2) is 7.43. The molecule has 0 radical (unpaired) electrons. The van der Waals surface area contributed by atoms with Gasteiger partial charge in [-0.1, -0.05) is 6.07 Å². The Bertz CT molecular complexity index is 892. The molecule has 7 nitrogen and oxygen atoms in total. The Morgan fingerprint density at radius 2 is 1.85 bits per heavy atom. The lowest BCUT2D eigenvalue weighted by atomic mass is 10.1. The second-order valence-corrected chi connectivity index (χ2v) is 6.48. The van der Waals surface area contributed by atoms with E-state index in [1.165, 1.54) is 0 Å². The maximum Gasteiger partial charge on any atom is 0.274 e. The Morgan fingerprint density at radius 3 is 2.50 bits per heavy atom. The van der Waals surface area contributed by atoms with Gasteiger partial charge in [-0.05, 0) is 49.2 Å². The number of nitrogens with zero attached hydrogens (tertiary/aromatic N) is 5. The molecule has 3 aromatic rings. The molecule has 0 saturated carbocycles. The van der Waals surface area contributed by atoms with Gasteiger partial charge >= 0.3 is 0 Å². The first-order valence-corrected chi connectivity index (χ1v) is 8.39. The van der Waals surface area contributed by atoms with Crippen molar-refractivity contribution in [3.05, 3.63) is 65.2 Å². The highest BCUT2D eigenvalue weighted by atomic mass is 16.5. The van der Waals surface area contributed by atoms with Gasteiger partial charge in [0.2, 0.25) is 0 Å². The van der Waals surface area contributed by atoms with Gasteiger partial charge < -0.3 is 9.64 Å². The standard InChI is InChI=1S/C19H23N5O2/c1-14-9-15(2)11-17(10-14)26-13-24-8-6-18(21-24)19(25)22(3)12-16-5-7-23(4)20-16/h5-11H,12-13H2,1-4H3. The molecule has 0 aliphatic carbocycles. The van der Waals surface area contributed by atoms with Crippen molar-refractivity contribution in [2.75, 3.05) is 7.05 Å². The summed E-state index contributed by atoms with van der Waals surface area (Å²) in [6.45, 7) is 4.75. The van der Waals surface area contributed by atoms with Gasteiger partial charge in [0.1, 0.15) is 5.75 Å². The summed E-state index contributed by atoms with van der Waals surface area (Å²) >= 11 is 0. The summed E-state index contributed by atoms with van der Waals surface area (Å²) in [6, 6.07) is 9.63. The van der Waals surface area contributed by atoms with Gasteiger partial charge in [0.25, 0.3) is 5.91 Å². The van der Waals surface area contributed by atoms with Crippen molar-refractivity contribution in [2.24, 2.45) is 7.05 Å². The maximum absolute atomic E-state index is 12.5. The monoisotopic (exact) mass is 353 g/mol. The molecule has 0 aliphatic rings. The number of hydrogen-bond acceptors (Lipinski definition) is 4. The summed E-state index contributed by atoms with van der Waals surface area (Å²) in [7, 11) is 3.59. The van der Waals surface area contributed by atoms with E-state index >= 15 is 0 Å². The van der Waals surface area contributed by atoms with Crippen LogP contribution < -0.4 is 4.74 Å². The lowest BCUT2D eigenvalue weighted by Gasteiger charge is -2.14. The van der Waals surface area contributed by atoms with E-state index in [2.05, 4.69) is 16.3 Å². The zero-order valence-corrected chi connectivity index (χ0v) is 15.5. The molecule has 2 aromatic heterocycles. The van der Waals surface area contributed by atoms with Gasteiger partial charge in [0, 0.05) is 26.5 Å². The van der Waals surface area contributed by atoms with Crippen molar-refractivity contribution in [3.8, 4) is 5.75 Å². The van der Waals surface area contributed by atoms with Gasteiger partial charge in [0.15, 0.2) is 12.4 Å². The molecule has 0 atom stereocenters. The predicted octanol–water partition coefficient (Wildman–Crippen LogP) is 2.54. The number of benzene rings is 1. The molecule has 0 aliphatic heterocycles. The average molecular weight is 353 g/mol. The Hall–Kier alpha value is -3.09. The highest BCUT2D eigenvalue weighted by Gasteiger charge is 2.16. The van der Waals surface area contributed by atoms with Crippen molar-refractivity contribution in [2.45, 2.75) is 27.1 Å². The molecule has 0 bridgehead atoms. The van der Waals surface area contributed by atoms with Crippen LogP contribution in [0.4, 0.5) is 0 Å². The van der Waals surface area contributed by atoms with Crippen LogP contribution in [0.2, 0.25) is 0 Å². The van der Waals surface area contributed by atoms with Crippen molar-refractivity contribution in [1.29, 1.82) is 0 Å². The molecular formula is C19H23N5O2. The van der Waals surface area contributed by atoms with Crippen molar-refractivity contribution in [1.82, 2.24) is 24.5 Å². The highest BCUT2D eigenvalue weighted by molar-refractivity contribution is 5.91. The lowest BCUT2D eigenvalue weighted by molar-refractivity contribution is 0.0775. The maximum atomic E-state index is 12.5. The fraction of sp³-hybridized carbons (Fsp3) is 0.316. The van der Waals surface area contributed by atoms with Crippen LogP contribution >= 0.6 is 0 Å². The number of ether oxygens (including phenoxy) is 1. The van der Waals surface area contributed by atoms with Crippen LogP contribution in [0.5, 0.6) is 5.75 Å². The molecule has 0 saturated heterocycles. The Labute approximate surface area is 152 Å². The van der Waals surface area contributed by atoms with Crippen LogP contribution in [-0.2, 0) is 20.3 Å². The topological polar surface area (TPSA) is 65.2 Å². The summed E-state index contributed by atoms with van der Waals surface area (Å²) in [5, 5.41) is 8.60. The SMILES string of the molecule is Cc1cc(C)cc(OCn2ccc(C(=O)N(C)Cc3ccn(C)n3)n2)c1. The van der Waals surface area contributed by atoms with Crippen LogP contribution in [0, 0.1) is 13.8 Å². The van der Waals surface area contributed by atoms with E-state index in [0.717, 1.165) is 22.6 Å². The van der Waals surface area contributed by atoms with Crippen LogP contribution in [0.15, 0.2) is 42.7 Å². The number of aryl methyl sites for hydroxylation is 3. The van der Waals surface area contributed by atoms with Crippen molar-refractivity contribution in [3.63, 3.8) is 0 Å². The summed E-state index contributed by atoms with van der Waals surface area (Å²) in [4.78, 5) is 14.1. The zero-order chi connectivity index (χ0) is 18.7. The lowest BCUT2D eigenvalue weighted by Crippen LogP contribution is -2.27. The van der Waals surface area contributed by atoms with Gasteiger partial charge in [-0.25, -0.2) is 4.68 Å². The first kappa shape index (κ1) is 17.7. The van der Waals surface area contributed by atoms with E-state index in [4.69, 9.17) is 4.74 Å². The quantitative estimate of drug-likeness (QED) is 0.683. The number of hydrogen-bond donors (Lipinski definition) is 0. The first-order valence-electron chi connectivity index (χ1n) is 8.39.